The van der Waals surface area contributed by atoms with Crippen LogP contribution in [0.5, 0.6) is 5.75 Å². The van der Waals surface area contributed by atoms with Gasteiger partial charge in [-0.2, -0.15) is 0 Å². The third-order valence-corrected chi connectivity index (χ3v) is 3.84. The van der Waals surface area contributed by atoms with E-state index in [0.29, 0.717) is 17.7 Å². The molecule has 1 unspecified atom stereocenters. The third kappa shape index (κ3) is 2.30. The normalized spacial score (nSPS) is 16.2. The van der Waals surface area contributed by atoms with Crippen molar-refractivity contribution in [1.82, 2.24) is 0 Å². The molecule has 0 aliphatic carbocycles. The van der Waals surface area contributed by atoms with E-state index in [4.69, 9.17) is 10.5 Å². The third-order valence-electron chi connectivity index (χ3n) is 3.84. The van der Waals surface area contributed by atoms with Gasteiger partial charge < -0.3 is 10.5 Å². The van der Waals surface area contributed by atoms with E-state index >= 15 is 0 Å². The lowest BCUT2D eigenvalue weighted by molar-refractivity contribution is -0.119. The van der Waals surface area contributed by atoms with Crippen molar-refractivity contribution < 1.29 is 14.3 Å². The lowest BCUT2D eigenvalue weighted by Crippen LogP contribution is -2.46. The molecule has 3 rings (SSSR count). The van der Waals surface area contributed by atoms with Crippen molar-refractivity contribution in [2.75, 3.05) is 12.0 Å². The van der Waals surface area contributed by atoms with Crippen molar-refractivity contribution in [3.05, 3.63) is 59.7 Å². The molecule has 1 aliphatic heterocycles. The maximum Gasteiger partial charge on any atom is 0.259 e. The number of primary amides is 1. The van der Waals surface area contributed by atoms with Crippen molar-refractivity contribution in [3.63, 3.8) is 0 Å². The van der Waals surface area contributed by atoms with Crippen molar-refractivity contribution in [1.29, 1.82) is 0 Å². The van der Waals surface area contributed by atoms with Crippen molar-refractivity contribution in [2.45, 2.75) is 12.5 Å². The first-order valence-corrected chi connectivity index (χ1v) is 6.96. The number of nitrogens with zero attached hydrogens (tertiary/aromatic N) is 1. The van der Waals surface area contributed by atoms with Crippen LogP contribution in [-0.4, -0.2) is 25.0 Å². The fourth-order valence-electron chi connectivity index (χ4n) is 2.76. The van der Waals surface area contributed by atoms with E-state index in [0.717, 1.165) is 11.3 Å². The molecule has 0 bridgehead atoms. The number of benzene rings is 2. The summed E-state index contributed by atoms with van der Waals surface area (Å²) >= 11 is 0. The van der Waals surface area contributed by atoms with Gasteiger partial charge in [-0.15, -0.1) is 0 Å². The molecule has 0 saturated heterocycles. The van der Waals surface area contributed by atoms with E-state index in [1.165, 1.54) is 4.90 Å². The predicted octanol–water partition coefficient (Wildman–Crippen LogP) is 1.75. The number of rotatable bonds is 3. The zero-order chi connectivity index (χ0) is 15.7. The number of carbonyl (C=O) groups excluding carboxylic acids is 2. The molecule has 2 aromatic carbocycles. The fraction of sp³-hybridized carbons (Fsp3) is 0.176. The summed E-state index contributed by atoms with van der Waals surface area (Å²) in [5, 5.41) is 0. The molecule has 112 valence electrons. The van der Waals surface area contributed by atoms with Crippen LogP contribution >= 0.6 is 0 Å². The number of methoxy groups -OCH3 is 1. The first-order valence-electron chi connectivity index (χ1n) is 6.96. The van der Waals surface area contributed by atoms with Crippen molar-refractivity contribution >= 4 is 17.5 Å². The van der Waals surface area contributed by atoms with Crippen LogP contribution in [-0.2, 0) is 11.2 Å². The lowest BCUT2D eigenvalue weighted by atomic mass is 10.1. The second kappa shape index (κ2) is 5.52. The van der Waals surface area contributed by atoms with Gasteiger partial charge in [-0.05, 0) is 29.8 Å². The van der Waals surface area contributed by atoms with E-state index in [9.17, 15) is 9.59 Å². The van der Waals surface area contributed by atoms with Gasteiger partial charge in [0.25, 0.3) is 5.91 Å². The molecular formula is C17H16N2O3. The lowest BCUT2D eigenvalue weighted by Gasteiger charge is -2.23. The van der Waals surface area contributed by atoms with Gasteiger partial charge in [0.2, 0.25) is 5.91 Å². The molecule has 0 aromatic heterocycles. The van der Waals surface area contributed by atoms with Crippen LogP contribution in [0.3, 0.4) is 0 Å². The first-order chi connectivity index (χ1) is 10.6. The molecule has 0 spiro atoms. The van der Waals surface area contributed by atoms with Crippen molar-refractivity contribution in [2.24, 2.45) is 5.73 Å². The molecular weight excluding hydrogens is 280 g/mol. The Morgan fingerprint density at radius 2 is 1.95 bits per heavy atom. The van der Waals surface area contributed by atoms with Crippen LogP contribution in [0.25, 0.3) is 0 Å². The molecule has 1 aliphatic rings. The first kappa shape index (κ1) is 14.1. The molecule has 2 amide bonds. The zero-order valence-electron chi connectivity index (χ0n) is 12.2. The largest absolute Gasteiger partial charge is 0.497 e. The number of hydrogen-bond acceptors (Lipinski definition) is 3. The smallest absolute Gasteiger partial charge is 0.259 e. The Hall–Kier alpha value is -2.82. The Morgan fingerprint density at radius 1 is 1.18 bits per heavy atom. The molecule has 22 heavy (non-hydrogen) atoms. The fourth-order valence-corrected chi connectivity index (χ4v) is 2.76. The van der Waals surface area contributed by atoms with E-state index in [2.05, 4.69) is 0 Å². The molecule has 5 heteroatoms. The highest BCUT2D eigenvalue weighted by Gasteiger charge is 2.37. The Bertz CT molecular complexity index is 742. The van der Waals surface area contributed by atoms with Crippen LogP contribution in [0.1, 0.15) is 15.9 Å². The Kier molecular flexibility index (Phi) is 3.55. The van der Waals surface area contributed by atoms with E-state index < -0.39 is 11.9 Å². The summed E-state index contributed by atoms with van der Waals surface area (Å²) in [6, 6.07) is 13.7. The summed E-state index contributed by atoms with van der Waals surface area (Å²) in [4.78, 5) is 26.1. The van der Waals surface area contributed by atoms with Gasteiger partial charge in [0.1, 0.15) is 11.8 Å². The SMILES string of the molecule is COc1cccc(C(=O)N2c3ccccc3CC2C(N)=O)c1. The summed E-state index contributed by atoms with van der Waals surface area (Å²) in [7, 11) is 1.54. The maximum absolute atomic E-state index is 12.9. The number of para-hydroxylation sites is 1. The van der Waals surface area contributed by atoms with Crippen molar-refractivity contribution in [3.8, 4) is 5.75 Å². The van der Waals surface area contributed by atoms with E-state index in [1.807, 2.05) is 24.3 Å². The second-order valence-corrected chi connectivity index (χ2v) is 5.16. The van der Waals surface area contributed by atoms with Gasteiger partial charge in [0.05, 0.1) is 7.11 Å². The van der Waals surface area contributed by atoms with Gasteiger partial charge in [0.15, 0.2) is 0 Å². The summed E-state index contributed by atoms with van der Waals surface area (Å²) in [5.41, 5.74) is 7.62. The molecule has 0 radical (unpaired) electrons. The standard InChI is InChI=1S/C17H16N2O3/c1-22-13-7-4-6-12(9-13)17(21)19-14-8-3-2-5-11(14)10-15(19)16(18)20/h2-9,15H,10H2,1H3,(H2,18,20). The number of ether oxygens (including phenoxy) is 1. The predicted molar refractivity (Wildman–Crippen MR) is 82.9 cm³/mol. The molecule has 0 fully saturated rings. The highest BCUT2D eigenvalue weighted by Crippen LogP contribution is 2.33. The molecule has 5 nitrogen and oxygen atoms in total. The van der Waals surface area contributed by atoms with Crippen LogP contribution in [0.2, 0.25) is 0 Å². The maximum atomic E-state index is 12.9. The van der Waals surface area contributed by atoms with Gasteiger partial charge in [-0.1, -0.05) is 24.3 Å². The van der Waals surface area contributed by atoms with E-state index in [1.54, 1.807) is 31.4 Å². The number of amides is 2. The highest BCUT2D eigenvalue weighted by molar-refractivity contribution is 6.11. The number of hydrogen-bond donors (Lipinski definition) is 1. The van der Waals surface area contributed by atoms with E-state index in [-0.39, 0.29) is 5.91 Å². The molecule has 1 heterocycles. The minimum atomic E-state index is -0.656. The average molecular weight is 296 g/mol. The number of fused-ring (bicyclic) bond motifs is 1. The second-order valence-electron chi connectivity index (χ2n) is 5.16. The summed E-state index contributed by atoms with van der Waals surface area (Å²) < 4.78 is 5.15. The van der Waals surface area contributed by atoms with Crippen LogP contribution in [0, 0.1) is 0 Å². The van der Waals surface area contributed by atoms with Crippen LogP contribution < -0.4 is 15.4 Å². The topological polar surface area (TPSA) is 72.6 Å². The minimum absolute atomic E-state index is 0.257. The summed E-state index contributed by atoms with van der Waals surface area (Å²) in [6.07, 6.45) is 0.446. The summed E-state index contributed by atoms with van der Waals surface area (Å²) in [6.45, 7) is 0. The Morgan fingerprint density at radius 3 is 2.68 bits per heavy atom. The van der Waals surface area contributed by atoms with Crippen LogP contribution in [0.15, 0.2) is 48.5 Å². The summed E-state index contributed by atoms with van der Waals surface area (Å²) in [5.74, 6) is -0.172. The number of carbonyl (C=O) groups is 2. The van der Waals surface area contributed by atoms with Gasteiger partial charge in [-0.3, -0.25) is 14.5 Å². The number of nitrogens with two attached hydrogens (primary N) is 1. The van der Waals surface area contributed by atoms with Crippen LogP contribution in [0.4, 0.5) is 5.69 Å². The quantitative estimate of drug-likeness (QED) is 0.938. The van der Waals surface area contributed by atoms with Gasteiger partial charge in [-0.25, -0.2) is 0 Å². The molecule has 1 atom stereocenters. The van der Waals surface area contributed by atoms with Gasteiger partial charge >= 0.3 is 0 Å². The Labute approximate surface area is 128 Å². The number of anilines is 1. The minimum Gasteiger partial charge on any atom is -0.497 e. The van der Waals surface area contributed by atoms with Gasteiger partial charge in [0, 0.05) is 17.7 Å². The zero-order valence-corrected chi connectivity index (χ0v) is 12.2. The molecule has 0 saturated carbocycles. The Balaban J connectivity index is 2.03. The molecule has 2 aromatic rings. The monoisotopic (exact) mass is 296 g/mol. The highest BCUT2D eigenvalue weighted by atomic mass is 16.5. The molecule has 2 N–H and O–H groups in total. The average Bonchev–Trinajstić information content (AvgIpc) is 2.94.